The number of hydrogen-bond acceptors (Lipinski definition) is 3. The maximum absolute atomic E-state index is 5.88. The van der Waals surface area contributed by atoms with Gasteiger partial charge in [0.1, 0.15) is 12.4 Å². The molecular formula is C21H29BrClNO2. The van der Waals surface area contributed by atoms with Crippen LogP contribution in [0.2, 0.25) is 0 Å². The highest BCUT2D eigenvalue weighted by Crippen LogP contribution is 2.26. The van der Waals surface area contributed by atoms with Gasteiger partial charge in [-0.2, -0.15) is 0 Å². The molecule has 0 amide bonds. The molecule has 3 nitrogen and oxygen atoms in total. The molecule has 0 fully saturated rings. The Hall–Kier alpha value is -1.07. The summed E-state index contributed by atoms with van der Waals surface area (Å²) in [4.78, 5) is 0. The van der Waals surface area contributed by atoms with E-state index in [1.807, 2.05) is 24.3 Å². The molecule has 0 aliphatic rings. The highest BCUT2D eigenvalue weighted by atomic mass is 79.9. The molecule has 2 aromatic rings. The SMILES string of the molecule is CCCCOCCCNCc1ccc(OCc2ccccc2)c(Br)c1.Cl. The predicted octanol–water partition coefficient (Wildman–Crippen LogP) is 5.75. The molecule has 0 bridgehead atoms. The summed E-state index contributed by atoms with van der Waals surface area (Å²) in [5.41, 5.74) is 2.41. The molecule has 0 atom stereocenters. The van der Waals surface area contributed by atoms with E-state index >= 15 is 0 Å². The largest absolute Gasteiger partial charge is 0.488 e. The van der Waals surface area contributed by atoms with Crippen LogP contribution in [0.5, 0.6) is 5.75 Å². The Bertz CT molecular complexity index is 610. The van der Waals surface area contributed by atoms with Gasteiger partial charge in [0.05, 0.1) is 4.47 Å². The van der Waals surface area contributed by atoms with E-state index in [9.17, 15) is 0 Å². The van der Waals surface area contributed by atoms with Gasteiger partial charge in [0.2, 0.25) is 0 Å². The molecule has 26 heavy (non-hydrogen) atoms. The lowest BCUT2D eigenvalue weighted by atomic mass is 10.2. The fraction of sp³-hybridized carbons (Fsp3) is 0.429. The van der Waals surface area contributed by atoms with Crippen molar-refractivity contribution in [3.63, 3.8) is 0 Å². The minimum Gasteiger partial charge on any atom is -0.488 e. The second-order valence-electron chi connectivity index (χ2n) is 6.04. The summed E-state index contributed by atoms with van der Waals surface area (Å²) in [5, 5.41) is 3.46. The number of hydrogen-bond donors (Lipinski definition) is 1. The molecule has 0 unspecified atom stereocenters. The van der Waals surface area contributed by atoms with Crippen LogP contribution < -0.4 is 10.1 Å². The molecule has 0 heterocycles. The van der Waals surface area contributed by atoms with Gasteiger partial charge in [-0.15, -0.1) is 12.4 Å². The molecule has 5 heteroatoms. The predicted molar refractivity (Wildman–Crippen MR) is 114 cm³/mol. The minimum atomic E-state index is 0. The van der Waals surface area contributed by atoms with Gasteiger partial charge < -0.3 is 14.8 Å². The number of nitrogens with one attached hydrogen (secondary N) is 1. The lowest BCUT2D eigenvalue weighted by Gasteiger charge is -2.11. The molecule has 0 aliphatic carbocycles. The van der Waals surface area contributed by atoms with Crippen LogP contribution in [0, 0.1) is 0 Å². The zero-order chi connectivity index (χ0) is 17.7. The molecular weight excluding hydrogens is 414 g/mol. The smallest absolute Gasteiger partial charge is 0.134 e. The van der Waals surface area contributed by atoms with E-state index < -0.39 is 0 Å². The van der Waals surface area contributed by atoms with Crippen LogP contribution in [0.3, 0.4) is 0 Å². The first kappa shape index (κ1) is 23.0. The fourth-order valence-corrected chi connectivity index (χ4v) is 2.93. The third-order valence-corrected chi connectivity index (χ3v) is 4.47. The molecule has 0 aromatic heterocycles. The van der Waals surface area contributed by atoms with Crippen LogP contribution in [-0.4, -0.2) is 19.8 Å². The van der Waals surface area contributed by atoms with Crippen molar-refractivity contribution in [1.29, 1.82) is 0 Å². The van der Waals surface area contributed by atoms with Gasteiger partial charge in [-0.3, -0.25) is 0 Å². The Labute approximate surface area is 172 Å². The summed E-state index contributed by atoms with van der Waals surface area (Å²) >= 11 is 3.61. The molecule has 0 saturated carbocycles. The summed E-state index contributed by atoms with van der Waals surface area (Å²) in [6, 6.07) is 16.4. The van der Waals surface area contributed by atoms with Crippen LogP contribution >= 0.6 is 28.3 Å². The van der Waals surface area contributed by atoms with E-state index in [0.717, 1.165) is 49.4 Å². The maximum atomic E-state index is 5.88. The Morgan fingerprint density at radius 1 is 0.962 bits per heavy atom. The van der Waals surface area contributed by atoms with E-state index in [0.29, 0.717) is 6.61 Å². The van der Waals surface area contributed by atoms with Gasteiger partial charge in [-0.25, -0.2) is 0 Å². The zero-order valence-electron chi connectivity index (χ0n) is 15.4. The number of benzene rings is 2. The first-order valence-electron chi connectivity index (χ1n) is 9.03. The summed E-state index contributed by atoms with van der Waals surface area (Å²) in [6.07, 6.45) is 3.39. The average Bonchev–Trinajstić information content (AvgIpc) is 2.64. The standard InChI is InChI=1S/C21H28BrNO2.ClH/c1-2-3-13-24-14-7-12-23-16-19-10-11-21(20(22)15-19)25-17-18-8-5-4-6-9-18;/h4-6,8-11,15,23H,2-3,7,12-14,16-17H2,1H3;1H. The van der Waals surface area contributed by atoms with Crippen LogP contribution in [0.15, 0.2) is 53.0 Å². The van der Waals surface area contributed by atoms with Gasteiger partial charge in [0, 0.05) is 19.8 Å². The van der Waals surface area contributed by atoms with Crippen molar-refractivity contribution in [2.24, 2.45) is 0 Å². The van der Waals surface area contributed by atoms with Crippen molar-refractivity contribution < 1.29 is 9.47 Å². The van der Waals surface area contributed by atoms with E-state index in [1.165, 1.54) is 17.5 Å². The van der Waals surface area contributed by atoms with Crippen molar-refractivity contribution in [3.8, 4) is 5.75 Å². The number of ether oxygens (including phenoxy) is 2. The zero-order valence-corrected chi connectivity index (χ0v) is 17.8. The number of halogens is 2. The molecule has 0 saturated heterocycles. The summed E-state index contributed by atoms with van der Waals surface area (Å²) in [6.45, 7) is 6.30. The third-order valence-electron chi connectivity index (χ3n) is 3.85. The Balaban J connectivity index is 0.00000338. The lowest BCUT2D eigenvalue weighted by Crippen LogP contribution is -2.16. The van der Waals surface area contributed by atoms with Crippen molar-refractivity contribution in [1.82, 2.24) is 5.32 Å². The highest BCUT2D eigenvalue weighted by Gasteiger charge is 2.03. The molecule has 144 valence electrons. The van der Waals surface area contributed by atoms with Crippen molar-refractivity contribution in [3.05, 3.63) is 64.1 Å². The van der Waals surface area contributed by atoms with Gasteiger partial charge in [-0.1, -0.05) is 49.7 Å². The van der Waals surface area contributed by atoms with Crippen LogP contribution in [0.25, 0.3) is 0 Å². The fourth-order valence-electron chi connectivity index (χ4n) is 2.39. The van der Waals surface area contributed by atoms with Crippen molar-refractivity contribution >= 4 is 28.3 Å². The van der Waals surface area contributed by atoms with Crippen molar-refractivity contribution in [2.45, 2.75) is 39.3 Å². The highest BCUT2D eigenvalue weighted by molar-refractivity contribution is 9.10. The molecule has 0 spiro atoms. The van der Waals surface area contributed by atoms with E-state index in [1.54, 1.807) is 0 Å². The average molecular weight is 443 g/mol. The molecule has 0 aliphatic heterocycles. The Kier molecular flexibility index (Phi) is 12.4. The van der Waals surface area contributed by atoms with Crippen LogP contribution in [0.1, 0.15) is 37.3 Å². The molecule has 2 aromatic carbocycles. The summed E-state index contributed by atoms with van der Waals surface area (Å²) in [7, 11) is 0. The van der Waals surface area contributed by atoms with Crippen LogP contribution in [0.4, 0.5) is 0 Å². The van der Waals surface area contributed by atoms with E-state index in [2.05, 4.69) is 52.4 Å². The second kappa shape index (κ2) is 14.0. The van der Waals surface area contributed by atoms with Gasteiger partial charge in [-0.05, 0) is 58.6 Å². The van der Waals surface area contributed by atoms with Gasteiger partial charge in [0.25, 0.3) is 0 Å². The minimum absolute atomic E-state index is 0. The summed E-state index contributed by atoms with van der Waals surface area (Å²) in [5.74, 6) is 0.872. The second-order valence-corrected chi connectivity index (χ2v) is 6.89. The molecule has 1 N–H and O–H groups in total. The van der Waals surface area contributed by atoms with Gasteiger partial charge in [0.15, 0.2) is 0 Å². The monoisotopic (exact) mass is 441 g/mol. The van der Waals surface area contributed by atoms with E-state index in [4.69, 9.17) is 9.47 Å². The van der Waals surface area contributed by atoms with E-state index in [-0.39, 0.29) is 12.4 Å². The topological polar surface area (TPSA) is 30.5 Å². The third kappa shape index (κ3) is 9.04. The summed E-state index contributed by atoms with van der Waals surface area (Å²) < 4.78 is 12.4. The first-order chi connectivity index (χ1) is 12.3. The molecule has 2 rings (SSSR count). The molecule has 0 radical (unpaired) electrons. The number of rotatable bonds is 12. The Morgan fingerprint density at radius 3 is 2.46 bits per heavy atom. The van der Waals surface area contributed by atoms with Crippen LogP contribution in [-0.2, 0) is 17.9 Å². The lowest BCUT2D eigenvalue weighted by molar-refractivity contribution is 0.129. The first-order valence-corrected chi connectivity index (χ1v) is 9.82. The quantitative estimate of drug-likeness (QED) is 0.425. The maximum Gasteiger partial charge on any atom is 0.134 e. The Morgan fingerprint density at radius 2 is 1.73 bits per heavy atom. The number of unbranched alkanes of at least 4 members (excludes halogenated alkanes) is 1. The van der Waals surface area contributed by atoms with Gasteiger partial charge >= 0.3 is 0 Å². The van der Waals surface area contributed by atoms with Crippen molar-refractivity contribution in [2.75, 3.05) is 19.8 Å². The normalized spacial score (nSPS) is 10.4.